The van der Waals surface area contributed by atoms with Gasteiger partial charge in [-0.25, -0.2) is 9.97 Å². The Balaban J connectivity index is 2.06. The number of nitrogens with zero attached hydrogens (tertiary/aromatic N) is 3. The van der Waals surface area contributed by atoms with E-state index in [0.717, 1.165) is 11.5 Å². The summed E-state index contributed by atoms with van der Waals surface area (Å²) in [5, 5.41) is 6.76. The number of aryl methyl sites for hydroxylation is 1. The van der Waals surface area contributed by atoms with Crippen molar-refractivity contribution in [3.8, 4) is 0 Å². The molecule has 0 bridgehead atoms. The summed E-state index contributed by atoms with van der Waals surface area (Å²) in [4.78, 5) is 11.1. The molecule has 2 rings (SSSR count). The topological polar surface area (TPSA) is 96.3 Å². The first-order valence-corrected chi connectivity index (χ1v) is 4.37. The summed E-state index contributed by atoms with van der Waals surface area (Å²) in [6.45, 7) is 1.85. The van der Waals surface area contributed by atoms with E-state index in [4.69, 9.17) is 5.73 Å². The molecule has 74 valence electrons. The highest BCUT2D eigenvalue weighted by molar-refractivity contribution is 5.03. The zero-order valence-electron chi connectivity index (χ0n) is 7.86. The van der Waals surface area contributed by atoms with Gasteiger partial charge in [0.05, 0.1) is 12.4 Å². The number of aromatic amines is 2. The number of hydrogen-bond donors (Lipinski definition) is 3. The molecule has 2 aromatic heterocycles. The molecule has 0 aliphatic carbocycles. The Kier molecular flexibility index (Phi) is 2.28. The molecule has 0 spiro atoms. The Hall–Kier alpha value is -1.69. The van der Waals surface area contributed by atoms with E-state index in [1.807, 2.05) is 6.92 Å². The van der Waals surface area contributed by atoms with Crippen molar-refractivity contribution in [3.63, 3.8) is 0 Å². The molecule has 0 saturated carbocycles. The lowest BCUT2D eigenvalue weighted by atomic mass is 10.2. The van der Waals surface area contributed by atoms with Crippen LogP contribution in [0.5, 0.6) is 0 Å². The third-order valence-electron chi connectivity index (χ3n) is 1.94. The van der Waals surface area contributed by atoms with E-state index in [1.54, 1.807) is 12.5 Å². The molecular formula is C8H12N6. The number of rotatable bonds is 3. The smallest absolute Gasteiger partial charge is 0.167 e. The molecule has 0 unspecified atom stereocenters. The zero-order valence-corrected chi connectivity index (χ0v) is 7.86. The lowest BCUT2D eigenvalue weighted by Crippen LogP contribution is -2.15. The van der Waals surface area contributed by atoms with Crippen LogP contribution in [0.2, 0.25) is 0 Å². The molecule has 0 radical (unpaired) electrons. The van der Waals surface area contributed by atoms with Crippen LogP contribution in [0, 0.1) is 6.92 Å². The summed E-state index contributed by atoms with van der Waals surface area (Å²) < 4.78 is 0. The van der Waals surface area contributed by atoms with Crippen molar-refractivity contribution in [1.82, 2.24) is 25.1 Å². The molecular weight excluding hydrogens is 180 g/mol. The van der Waals surface area contributed by atoms with E-state index < -0.39 is 0 Å². The minimum Gasteiger partial charge on any atom is -0.348 e. The van der Waals surface area contributed by atoms with E-state index in [2.05, 4.69) is 25.1 Å². The van der Waals surface area contributed by atoms with E-state index >= 15 is 0 Å². The van der Waals surface area contributed by atoms with Crippen LogP contribution < -0.4 is 5.73 Å². The van der Waals surface area contributed by atoms with Gasteiger partial charge in [0, 0.05) is 18.3 Å². The minimum atomic E-state index is -0.194. The molecule has 1 atom stereocenters. The molecule has 14 heavy (non-hydrogen) atoms. The molecule has 0 aliphatic heterocycles. The fourth-order valence-corrected chi connectivity index (χ4v) is 1.25. The van der Waals surface area contributed by atoms with Gasteiger partial charge in [0.15, 0.2) is 5.82 Å². The van der Waals surface area contributed by atoms with Gasteiger partial charge in [-0.3, -0.25) is 5.10 Å². The quantitative estimate of drug-likeness (QED) is 0.641. The Bertz CT molecular complexity index is 390. The fraction of sp³-hybridized carbons (Fsp3) is 0.375. The highest BCUT2D eigenvalue weighted by Crippen LogP contribution is 2.09. The molecule has 0 aliphatic rings. The molecule has 6 nitrogen and oxygen atoms in total. The van der Waals surface area contributed by atoms with Gasteiger partial charge >= 0.3 is 0 Å². The molecule has 0 saturated heterocycles. The lowest BCUT2D eigenvalue weighted by Gasteiger charge is -2.04. The van der Waals surface area contributed by atoms with Crippen molar-refractivity contribution in [3.05, 3.63) is 29.9 Å². The number of nitrogens with two attached hydrogens (primary N) is 1. The molecule has 0 fully saturated rings. The Labute approximate surface area is 81.0 Å². The van der Waals surface area contributed by atoms with Crippen LogP contribution in [-0.2, 0) is 6.42 Å². The molecule has 0 aromatic carbocycles. The van der Waals surface area contributed by atoms with Crippen molar-refractivity contribution in [1.29, 1.82) is 0 Å². The molecule has 2 heterocycles. The molecule has 4 N–H and O–H groups in total. The average Bonchev–Trinajstić information content (AvgIpc) is 2.75. The Morgan fingerprint density at radius 2 is 2.43 bits per heavy atom. The van der Waals surface area contributed by atoms with E-state index in [-0.39, 0.29) is 6.04 Å². The summed E-state index contributed by atoms with van der Waals surface area (Å²) in [6, 6.07) is -0.194. The molecule has 0 amide bonds. The third kappa shape index (κ3) is 1.80. The van der Waals surface area contributed by atoms with E-state index in [9.17, 15) is 0 Å². The Morgan fingerprint density at radius 1 is 1.57 bits per heavy atom. The van der Waals surface area contributed by atoms with Crippen LogP contribution in [0.3, 0.4) is 0 Å². The first-order valence-electron chi connectivity index (χ1n) is 4.37. The fourth-order valence-electron chi connectivity index (χ4n) is 1.25. The van der Waals surface area contributed by atoms with Crippen LogP contribution in [0.15, 0.2) is 12.5 Å². The van der Waals surface area contributed by atoms with Crippen LogP contribution in [0.1, 0.15) is 23.4 Å². The normalized spacial score (nSPS) is 13.0. The summed E-state index contributed by atoms with van der Waals surface area (Å²) in [6.07, 6.45) is 4.04. The van der Waals surface area contributed by atoms with E-state index in [0.29, 0.717) is 12.2 Å². The maximum Gasteiger partial charge on any atom is 0.167 e. The lowest BCUT2D eigenvalue weighted by molar-refractivity contribution is 0.662. The number of hydrogen-bond acceptors (Lipinski definition) is 4. The van der Waals surface area contributed by atoms with Crippen molar-refractivity contribution in [2.24, 2.45) is 5.73 Å². The maximum absolute atomic E-state index is 5.91. The highest BCUT2D eigenvalue weighted by Gasteiger charge is 2.12. The summed E-state index contributed by atoms with van der Waals surface area (Å²) in [5.41, 5.74) is 6.89. The number of H-pyrrole nitrogens is 2. The van der Waals surface area contributed by atoms with E-state index in [1.165, 1.54) is 0 Å². The minimum absolute atomic E-state index is 0.194. The summed E-state index contributed by atoms with van der Waals surface area (Å²) >= 11 is 0. The second-order valence-electron chi connectivity index (χ2n) is 3.17. The van der Waals surface area contributed by atoms with Crippen molar-refractivity contribution < 1.29 is 0 Å². The van der Waals surface area contributed by atoms with Crippen LogP contribution in [-0.4, -0.2) is 25.1 Å². The summed E-state index contributed by atoms with van der Waals surface area (Å²) in [7, 11) is 0. The second-order valence-corrected chi connectivity index (χ2v) is 3.17. The number of imidazole rings is 1. The average molecular weight is 192 g/mol. The van der Waals surface area contributed by atoms with Gasteiger partial charge in [-0.05, 0) is 6.92 Å². The van der Waals surface area contributed by atoms with Gasteiger partial charge in [0.2, 0.25) is 0 Å². The van der Waals surface area contributed by atoms with Gasteiger partial charge in [0.1, 0.15) is 5.82 Å². The summed E-state index contributed by atoms with van der Waals surface area (Å²) in [5.74, 6) is 1.41. The predicted molar refractivity (Wildman–Crippen MR) is 50.3 cm³/mol. The number of nitrogens with one attached hydrogen (secondary N) is 2. The Morgan fingerprint density at radius 3 is 3.00 bits per heavy atom. The standard InChI is InChI=1S/C8H12N6/c1-5-12-8(14-13-5)7(9)2-6-3-10-4-11-6/h3-4,7H,2,9H2,1H3,(H,10,11)(H,12,13,14)/t7-/m1/s1. The maximum atomic E-state index is 5.91. The third-order valence-corrected chi connectivity index (χ3v) is 1.94. The largest absolute Gasteiger partial charge is 0.348 e. The SMILES string of the molecule is Cc1nc([C@H](N)Cc2cnc[nH]2)n[nH]1. The first-order chi connectivity index (χ1) is 6.75. The molecule has 6 heteroatoms. The van der Waals surface area contributed by atoms with Crippen molar-refractivity contribution in [2.75, 3.05) is 0 Å². The van der Waals surface area contributed by atoms with Crippen LogP contribution >= 0.6 is 0 Å². The van der Waals surface area contributed by atoms with Gasteiger partial charge in [-0.15, -0.1) is 0 Å². The van der Waals surface area contributed by atoms with Gasteiger partial charge in [-0.1, -0.05) is 0 Å². The predicted octanol–water partition coefficient (Wildman–Crippen LogP) is 0.0787. The van der Waals surface area contributed by atoms with Crippen LogP contribution in [0.25, 0.3) is 0 Å². The highest BCUT2D eigenvalue weighted by atomic mass is 15.2. The van der Waals surface area contributed by atoms with Gasteiger partial charge in [-0.2, -0.15) is 5.10 Å². The molecule has 2 aromatic rings. The zero-order chi connectivity index (χ0) is 9.97. The van der Waals surface area contributed by atoms with Crippen molar-refractivity contribution in [2.45, 2.75) is 19.4 Å². The first kappa shape index (κ1) is 8.89. The number of aromatic nitrogens is 5. The van der Waals surface area contributed by atoms with Gasteiger partial charge < -0.3 is 10.7 Å². The monoisotopic (exact) mass is 192 g/mol. The second kappa shape index (κ2) is 3.59. The van der Waals surface area contributed by atoms with Crippen LogP contribution in [0.4, 0.5) is 0 Å². The van der Waals surface area contributed by atoms with Gasteiger partial charge in [0.25, 0.3) is 0 Å². The van der Waals surface area contributed by atoms with Crippen molar-refractivity contribution >= 4 is 0 Å².